The van der Waals surface area contributed by atoms with Gasteiger partial charge in [-0.05, 0) is 17.9 Å². The van der Waals surface area contributed by atoms with E-state index in [1.54, 1.807) is 17.7 Å². The molecular formula is C11H10N2O2. The van der Waals surface area contributed by atoms with E-state index in [9.17, 15) is 4.79 Å². The Morgan fingerprint density at radius 2 is 2.00 bits per heavy atom. The van der Waals surface area contributed by atoms with E-state index in [2.05, 4.69) is 4.98 Å². The van der Waals surface area contributed by atoms with Crippen molar-refractivity contribution >= 4 is 16.7 Å². The number of nitrogens with zero attached hydrogens (tertiary/aromatic N) is 1. The molecule has 76 valence electrons. The fraction of sp³-hybridized carbons (Fsp3) is 0.0909. The van der Waals surface area contributed by atoms with Gasteiger partial charge in [0.05, 0.1) is 0 Å². The quantitative estimate of drug-likeness (QED) is 0.546. The van der Waals surface area contributed by atoms with Gasteiger partial charge in [0.1, 0.15) is 5.69 Å². The highest BCUT2D eigenvalue weighted by Crippen LogP contribution is 2.19. The fourth-order valence-electron chi connectivity index (χ4n) is 1.57. The van der Waals surface area contributed by atoms with Crippen LogP contribution in [0.3, 0.4) is 0 Å². The number of carbonyl (C=O) groups is 1. The molecule has 0 saturated carbocycles. The monoisotopic (exact) mass is 202 g/mol. The van der Waals surface area contributed by atoms with Gasteiger partial charge in [0.15, 0.2) is 0 Å². The molecule has 0 saturated heterocycles. The summed E-state index contributed by atoms with van der Waals surface area (Å²) in [6.07, 6.45) is 1.62. The first kappa shape index (κ1) is 9.61. The highest BCUT2D eigenvalue weighted by Gasteiger charge is 2.11. The number of aromatic nitrogens is 1. The molecule has 1 amide bonds. The first-order chi connectivity index (χ1) is 7.24. The second kappa shape index (κ2) is 3.67. The van der Waals surface area contributed by atoms with E-state index in [1.165, 1.54) is 0 Å². The van der Waals surface area contributed by atoms with E-state index >= 15 is 0 Å². The van der Waals surface area contributed by atoms with E-state index in [0.29, 0.717) is 0 Å². The van der Waals surface area contributed by atoms with Crippen molar-refractivity contribution in [3.05, 3.63) is 41.7 Å². The second-order valence-electron chi connectivity index (χ2n) is 3.28. The number of amides is 1. The van der Waals surface area contributed by atoms with Gasteiger partial charge in [-0.3, -0.25) is 15.0 Å². The molecule has 0 spiro atoms. The molecule has 1 aromatic carbocycles. The van der Waals surface area contributed by atoms with Gasteiger partial charge in [-0.1, -0.05) is 24.3 Å². The van der Waals surface area contributed by atoms with Crippen molar-refractivity contribution in [2.75, 3.05) is 0 Å². The minimum Gasteiger partial charge on any atom is -0.288 e. The number of fused-ring (bicyclic) bond motifs is 1. The summed E-state index contributed by atoms with van der Waals surface area (Å²) >= 11 is 0. The summed E-state index contributed by atoms with van der Waals surface area (Å²) in [5, 5.41) is 10.3. The maximum absolute atomic E-state index is 11.3. The number of hydroxylamine groups is 1. The molecule has 2 aromatic rings. The van der Waals surface area contributed by atoms with Crippen LogP contribution < -0.4 is 5.48 Å². The van der Waals surface area contributed by atoms with Gasteiger partial charge in [-0.25, -0.2) is 5.48 Å². The number of pyridine rings is 1. The highest BCUT2D eigenvalue weighted by molar-refractivity contribution is 6.05. The molecule has 1 heterocycles. The molecule has 4 heteroatoms. The van der Waals surface area contributed by atoms with Crippen LogP contribution in [0.25, 0.3) is 10.8 Å². The van der Waals surface area contributed by atoms with Crippen molar-refractivity contribution in [1.29, 1.82) is 0 Å². The van der Waals surface area contributed by atoms with Crippen LogP contribution in [0.4, 0.5) is 0 Å². The number of hydrogen-bond donors (Lipinski definition) is 2. The number of benzene rings is 1. The number of nitrogens with one attached hydrogen (secondary N) is 1. The first-order valence-corrected chi connectivity index (χ1v) is 4.53. The van der Waals surface area contributed by atoms with Gasteiger partial charge in [0.2, 0.25) is 0 Å². The zero-order valence-electron chi connectivity index (χ0n) is 8.19. The number of carbonyl (C=O) groups excluding carboxylic acids is 1. The van der Waals surface area contributed by atoms with Gasteiger partial charge < -0.3 is 0 Å². The largest absolute Gasteiger partial charge is 0.293 e. The van der Waals surface area contributed by atoms with E-state index in [4.69, 9.17) is 5.21 Å². The lowest BCUT2D eigenvalue weighted by Crippen LogP contribution is -2.20. The van der Waals surface area contributed by atoms with Crippen molar-refractivity contribution in [3.8, 4) is 0 Å². The van der Waals surface area contributed by atoms with Crippen molar-refractivity contribution in [2.24, 2.45) is 0 Å². The predicted octanol–water partition coefficient (Wildman–Crippen LogP) is 1.66. The smallest absolute Gasteiger partial charge is 0.288 e. The zero-order chi connectivity index (χ0) is 10.8. The Morgan fingerprint density at radius 3 is 2.67 bits per heavy atom. The van der Waals surface area contributed by atoms with Crippen molar-refractivity contribution in [1.82, 2.24) is 10.5 Å². The van der Waals surface area contributed by atoms with Crippen LogP contribution in [0.15, 0.2) is 30.5 Å². The standard InChI is InChI=1S/C11H10N2O2/c1-7-6-12-10(11(14)13-15)9-5-3-2-4-8(7)9/h2-6,15H,1H3,(H,13,14). The van der Waals surface area contributed by atoms with Gasteiger partial charge in [-0.2, -0.15) is 0 Å². The van der Waals surface area contributed by atoms with E-state index in [0.717, 1.165) is 16.3 Å². The molecule has 2 N–H and O–H groups in total. The fourth-order valence-corrected chi connectivity index (χ4v) is 1.57. The summed E-state index contributed by atoms with van der Waals surface area (Å²) in [7, 11) is 0. The SMILES string of the molecule is Cc1cnc(C(=O)NO)c2ccccc12. The van der Waals surface area contributed by atoms with Gasteiger partial charge >= 0.3 is 0 Å². The molecule has 0 aliphatic heterocycles. The highest BCUT2D eigenvalue weighted by atomic mass is 16.5. The third kappa shape index (κ3) is 1.55. The molecule has 0 unspecified atom stereocenters. The zero-order valence-corrected chi connectivity index (χ0v) is 8.19. The van der Waals surface area contributed by atoms with E-state index in [-0.39, 0.29) is 5.69 Å². The summed E-state index contributed by atoms with van der Waals surface area (Å²) in [6.45, 7) is 1.93. The van der Waals surface area contributed by atoms with Gasteiger partial charge in [0.25, 0.3) is 5.91 Å². The molecule has 2 rings (SSSR count). The Hall–Kier alpha value is -1.94. The minimum atomic E-state index is -0.591. The molecule has 0 radical (unpaired) electrons. The van der Waals surface area contributed by atoms with Crippen molar-refractivity contribution in [3.63, 3.8) is 0 Å². The summed E-state index contributed by atoms with van der Waals surface area (Å²) in [5.41, 5.74) is 2.83. The summed E-state index contributed by atoms with van der Waals surface area (Å²) in [4.78, 5) is 15.3. The molecule has 0 atom stereocenters. The lowest BCUT2D eigenvalue weighted by atomic mass is 10.1. The Kier molecular flexibility index (Phi) is 2.35. The number of aryl methyl sites for hydroxylation is 1. The Labute approximate surface area is 86.5 Å². The van der Waals surface area contributed by atoms with Crippen LogP contribution in [0.5, 0.6) is 0 Å². The molecule has 1 aromatic heterocycles. The van der Waals surface area contributed by atoms with Crippen molar-refractivity contribution < 1.29 is 10.0 Å². The van der Waals surface area contributed by atoms with E-state index in [1.807, 2.05) is 25.1 Å². The Bertz CT molecular complexity index is 523. The topological polar surface area (TPSA) is 62.2 Å². The minimum absolute atomic E-state index is 0.235. The average molecular weight is 202 g/mol. The Morgan fingerprint density at radius 1 is 1.33 bits per heavy atom. The van der Waals surface area contributed by atoms with Gasteiger partial charge in [-0.15, -0.1) is 0 Å². The average Bonchev–Trinajstić information content (AvgIpc) is 2.29. The third-order valence-electron chi connectivity index (χ3n) is 2.31. The van der Waals surface area contributed by atoms with Crippen LogP contribution in [0.1, 0.15) is 16.1 Å². The molecule has 0 aliphatic rings. The molecule has 0 bridgehead atoms. The third-order valence-corrected chi connectivity index (χ3v) is 2.31. The maximum Gasteiger partial charge on any atom is 0.293 e. The predicted molar refractivity (Wildman–Crippen MR) is 55.7 cm³/mol. The summed E-state index contributed by atoms with van der Waals surface area (Å²) < 4.78 is 0. The molecular weight excluding hydrogens is 192 g/mol. The summed E-state index contributed by atoms with van der Waals surface area (Å²) in [6, 6.07) is 7.45. The van der Waals surface area contributed by atoms with Gasteiger partial charge in [0, 0.05) is 11.6 Å². The molecule has 4 nitrogen and oxygen atoms in total. The van der Waals surface area contributed by atoms with Crippen LogP contribution in [0.2, 0.25) is 0 Å². The molecule has 15 heavy (non-hydrogen) atoms. The number of rotatable bonds is 1. The normalized spacial score (nSPS) is 10.3. The van der Waals surface area contributed by atoms with Crippen LogP contribution in [0, 0.1) is 6.92 Å². The van der Waals surface area contributed by atoms with Crippen LogP contribution >= 0.6 is 0 Å². The van der Waals surface area contributed by atoms with E-state index < -0.39 is 5.91 Å². The Balaban J connectivity index is 2.77. The van der Waals surface area contributed by atoms with Crippen LogP contribution in [-0.4, -0.2) is 16.1 Å². The van der Waals surface area contributed by atoms with Crippen LogP contribution in [-0.2, 0) is 0 Å². The molecule has 0 fully saturated rings. The molecule has 0 aliphatic carbocycles. The summed E-state index contributed by atoms with van der Waals surface area (Å²) in [5.74, 6) is -0.591. The number of hydrogen-bond acceptors (Lipinski definition) is 3. The maximum atomic E-state index is 11.3. The lowest BCUT2D eigenvalue weighted by molar-refractivity contribution is 0.0703. The van der Waals surface area contributed by atoms with Crippen molar-refractivity contribution in [2.45, 2.75) is 6.92 Å². The lowest BCUT2D eigenvalue weighted by Gasteiger charge is -2.05. The first-order valence-electron chi connectivity index (χ1n) is 4.53. The second-order valence-corrected chi connectivity index (χ2v) is 3.28.